The minimum absolute atomic E-state index is 0.662. The molecule has 0 radical (unpaired) electrons. The van der Waals surface area contributed by atoms with Gasteiger partial charge in [-0.2, -0.15) is 0 Å². The fraction of sp³-hybridized carbons (Fsp3) is 0.500. The molecule has 0 saturated heterocycles. The van der Waals surface area contributed by atoms with E-state index in [9.17, 15) is 0 Å². The first-order valence-corrected chi connectivity index (χ1v) is 5.45. The third-order valence-corrected chi connectivity index (χ3v) is 2.98. The molecule has 1 unspecified atom stereocenters. The summed E-state index contributed by atoms with van der Waals surface area (Å²) in [6.07, 6.45) is 2.19. The molecule has 2 rings (SSSR count). The van der Waals surface area contributed by atoms with E-state index in [0.717, 1.165) is 37.4 Å². The molecule has 3 nitrogen and oxygen atoms in total. The van der Waals surface area contributed by atoms with E-state index in [1.165, 1.54) is 5.56 Å². The zero-order chi connectivity index (χ0) is 10.7. The van der Waals surface area contributed by atoms with Gasteiger partial charge in [0.2, 0.25) is 0 Å². The first-order chi connectivity index (χ1) is 7.35. The Kier molecular flexibility index (Phi) is 3.11. The van der Waals surface area contributed by atoms with E-state index in [2.05, 4.69) is 11.4 Å². The molecule has 0 aliphatic carbocycles. The third-order valence-electron chi connectivity index (χ3n) is 2.98. The Bertz CT molecular complexity index is 338. The van der Waals surface area contributed by atoms with Crippen molar-refractivity contribution in [2.75, 3.05) is 25.5 Å². The number of nitrogens with two attached hydrogens (primary N) is 1. The average Bonchev–Trinajstić information content (AvgIpc) is 2.28. The molecule has 1 aromatic carbocycles. The Hall–Kier alpha value is -1.22. The quantitative estimate of drug-likeness (QED) is 0.790. The molecule has 1 aromatic rings. The summed E-state index contributed by atoms with van der Waals surface area (Å²) in [5.74, 6) is 1.60. The summed E-state index contributed by atoms with van der Waals surface area (Å²) in [6.45, 7) is 1.77. The molecule has 0 fully saturated rings. The first-order valence-electron chi connectivity index (χ1n) is 5.45. The topological polar surface area (TPSA) is 47.3 Å². The van der Waals surface area contributed by atoms with Gasteiger partial charge in [0.25, 0.3) is 0 Å². The minimum Gasteiger partial charge on any atom is -0.495 e. The molecule has 82 valence electrons. The minimum atomic E-state index is 0.662. The van der Waals surface area contributed by atoms with Crippen LogP contribution in [0.1, 0.15) is 12.0 Å². The second-order valence-electron chi connectivity index (χ2n) is 4.02. The number of anilines is 1. The van der Waals surface area contributed by atoms with Gasteiger partial charge in [-0.05, 0) is 36.9 Å². The number of rotatable bonds is 3. The SMILES string of the molecule is COc1cccc2c1NCC(CCN)C2. The zero-order valence-electron chi connectivity index (χ0n) is 9.12. The van der Waals surface area contributed by atoms with Gasteiger partial charge in [-0.1, -0.05) is 12.1 Å². The smallest absolute Gasteiger partial charge is 0.142 e. The Morgan fingerprint density at radius 1 is 1.53 bits per heavy atom. The highest BCUT2D eigenvalue weighted by Gasteiger charge is 2.19. The van der Waals surface area contributed by atoms with E-state index in [1.807, 2.05) is 12.1 Å². The highest BCUT2D eigenvalue weighted by Crippen LogP contribution is 2.33. The molecule has 0 amide bonds. The number of hydrogen-bond donors (Lipinski definition) is 2. The molecule has 1 aliphatic heterocycles. The van der Waals surface area contributed by atoms with Crippen LogP contribution < -0.4 is 15.8 Å². The maximum absolute atomic E-state index is 5.58. The number of nitrogens with one attached hydrogen (secondary N) is 1. The number of hydrogen-bond acceptors (Lipinski definition) is 3. The van der Waals surface area contributed by atoms with Crippen molar-refractivity contribution in [3.05, 3.63) is 23.8 Å². The van der Waals surface area contributed by atoms with Crippen molar-refractivity contribution in [2.24, 2.45) is 11.7 Å². The van der Waals surface area contributed by atoms with Gasteiger partial charge in [0.15, 0.2) is 0 Å². The van der Waals surface area contributed by atoms with Gasteiger partial charge in [0.05, 0.1) is 12.8 Å². The Morgan fingerprint density at radius 2 is 2.40 bits per heavy atom. The molecule has 1 atom stereocenters. The van der Waals surface area contributed by atoms with Gasteiger partial charge in [0, 0.05) is 6.54 Å². The van der Waals surface area contributed by atoms with Crippen molar-refractivity contribution in [2.45, 2.75) is 12.8 Å². The molecular formula is C12H18N2O. The van der Waals surface area contributed by atoms with Gasteiger partial charge in [0.1, 0.15) is 5.75 Å². The largest absolute Gasteiger partial charge is 0.495 e. The summed E-state index contributed by atoms with van der Waals surface area (Å²) in [4.78, 5) is 0. The molecule has 1 aliphatic rings. The lowest BCUT2D eigenvalue weighted by Gasteiger charge is -2.27. The molecule has 3 heteroatoms. The highest BCUT2D eigenvalue weighted by atomic mass is 16.5. The van der Waals surface area contributed by atoms with Crippen LogP contribution in [0.25, 0.3) is 0 Å². The highest BCUT2D eigenvalue weighted by molar-refractivity contribution is 5.63. The molecule has 0 saturated carbocycles. The van der Waals surface area contributed by atoms with E-state index in [-0.39, 0.29) is 0 Å². The van der Waals surface area contributed by atoms with Crippen LogP contribution in [0.4, 0.5) is 5.69 Å². The van der Waals surface area contributed by atoms with Gasteiger partial charge >= 0.3 is 0 Å². The maximum atomic E-state index is 5.58. The fourth-order valence-electron chi connectivity index (χ4n) is 2.19. The van der Waals surface area contributed by atoms with Crippen LogP contribution in [-0.2, 0) is 6.42 Å². The number of para-hydroxylation sites is 1. The van der Waals surface area contributed by atoms with Crippen molar-refractivity contribution < 1.29 is 4.74 Å². The predicted octanol–water partition coefficient (Wildman–Crippen LogP) is 1.63. The van der Waals surface area contributed by atoms with Crippen LogP contribution in [0.2, 0.25) is 0 Å². The van der Waals surface area contributed by atoms with Crippen LogP contribution in [0.15, 0.2) is 18.2 Å². The van der Waals surface area contributed by atoms with Crippen LogP contribution in [-0.4, -0.2) is 20.2 Å². The summed E-state index contributed by atoms with van der Waals surface area (Å²) >= 11 is 0. The van der Waals surface area contributed by atoms with E-state index in [1.54, 1.807) is 7.11 Å². The lowest BCUT2D eigenvalue weighted by Crippen LogP contribution is -2.25. The summed E-state index contributed by atoms with van der Waals surface area (Å²) in [5, 5.41) is 3.44. The second kappa shape index (κ2) is 4.53. The number of methoxy groups -OCH3 is 1. The Balaban J connectivity index is 2.20. The van der Waals surface area contributed by atoms with Crippen molar-refractivity contribution in [3.63, 3.8) is 0 Å². The van der Waals surface area contributed by atoms with Crippen LogP contribution in [0.5, 0.6) is 5.75 Å². The maximum Gasteiger partial charge on any atom is 0.142 e. The predicted molar refractivity (Wildman–Crippen MR) is 62.3 cm³/mol. The van der Waals surface area contributed by atoms with Crippen molar-refractivity contribution in [1.29, 1.82) is 0 Å². The van der Waals surface area contributed by atoms with Crippen molar-refractivity contribution in [3.8, 4) is 5.75 Å². The average molecular weight is 206 g/mol. The lowest BCUT2D eigenvalue weighted by atomic mass is 9.91. The first kappa shape index (κ1) is 10.3. The standard InChI is InChI=1S/C12H18N2O/c1-15-11-4-2-3-10-7-9(5-6-13)8-14-12(10)11/h2-4,9,14H,5-8,13H2,1H3. The van der Waals surface area contributed by atoms with Crippen LogP contribution >= 0.6 is 0 Å². The lowest BCUT2D eigenvalue weighted by molar-refractivity contribution is 0.412. The Morgan fingerprint density at radius 3 is 3.13 bits per heavy atom. The van der Waals surface area contributed by atoms with Gasteiger partial charge in [-0.15, -0.1) is 0 Å². The normalized spacial score (nSPS) is 19.2. The molecule has 15 heavy (non-hydrogen) atoms. The summed E-state index contributed by atoms with van der Waals surface area (Å²) in [7, 11) is 1.71. The van der Waals surface area contributed by atoms with E-state index in [4.69, 9.17) is 10.5 Å². The summed E-state index contributed by atoms with van der Waals surface area (Å²) < 4.78 is 5.32. The molecule has 0 spiro atoms. The number of ether oxygens (including phenoxy) is 1. The van der Waals surface area contributed by atoms with Gasteiger partial charge in [-0.25, -0.2) is 0 Å². The summed E-state index contributed by atoms with van der Waals surface area (Å²) in [6, 6.07) is 6.20. The second-order valence-corrected chi connectivity index (χ2v) is 4.02. The molecule has 0 bridgehead atoms. The van der Waals surface area contributed by atoms with E-state index >= 15 is 0 Å². The number of fused-ring (bicyclic) bond motifs is 1. The molecular weight excluding hydrogens is 188 g/mol. The zero-order valence-corrected chi connectivity index (χ0v) is 9.12. The monoisotopic (exact) mass is 206 g/mol. The van der Waals surface area contributed by atoms with Crippen molar-refractivity contribution >= 4 is 5.69 Å². The van der Waals surface area contributed by atoms with E-state index < -0.39 is 0 Å². The van der Waals surface area contributed by atoms with Crippen LogP contribution in [0, 0.1) is 5.92 Å². The van der Waals surface area contributed by atoms with Crippen LogP contribution in [0.3, 0.4) is 0 Å². The molecule has 3 N–H and O–H groups in total. The molecule has 1 heterocycles. The van der Waals surface area contributed by atoms with E-state index in [0.29, 0.717) is 5.92 Å². The third kappa shape index (κ3) is 2.07. The summed E-state index contributed by atoms with van der Waals surface area (Å²) in [5.41, 5.74) is 8.09. The Labute approximate surface area is 90.6 Å². The number of benzene rings is 1. The van der Waals surface area contributed by atoms with Gasteiger partial charge < -0.3 is 15.8 Å². The van der Waals surface area contributed by atoms with Gasteiger partial charge in [-0.3, -0.25) is 0 Å². The fourth-order valence-corrected chi connectivity index (χ4v) is 2.19. The van der Waals surface area contributed by atoms with Crippen molar-refractivity contribution in [1.82, 2.24) is 0 Å². The molecule has 0 aromatic heterocycles.